The molecule has 3 rings (SSSR count). The molecular weight excluding hydrogens is 280 g/mol. The van der Waals surface area contributed by atoms with Gasteiger partial charge in [-0.3, -0.25) is 4.79 Å². The number of nitrogens with zero attached hydrogens (tertiary/aromatic N) is 2. The van der Waals surface area contributed by atoms with Crippen molar-refractivity contribution < 1.29 is 4.79 Å². The van der Waals surface area contributed by atoms with E-state index >= 15 is 0 Å². The Labute approximate surface area is 130 Å². The average Bonchev–Trinajstić information content (AvgIpc) is 3.13. The number of amides is 1. The summed E-state index contributed by atoms with van der Waals surface area (Å²) in [4.78, 5) is 19.2. The summed E-state index contributed by atoms with van der Waals surface area (Å²) in [6.07, 6.45) is 6.16. The van der Waals surface area contributed by atoms with Gasteiger partial charge in [-0.2, -0.15) is 0 Å². The van der Waals surface area contributed by atoms with E-state index in [9.17, 15) is 4.79 Å². The van der Waals surface area contributed by atoms with Crippen LogP contribution >= 0.6 is 11.3 Å². The van der Waals surface area contributed by atoms with Crippen LogP contribution in [-0.4, -0.2) is 22.3 Å². The zero-order valence-electron chi connectivity index (χ0n) is 12.5. The smallest absolute Gasteiger partial charge is 0.223 e. The predicted molar refractivity (Wildman–Crippen MR) is 87.5 cm³/mol. The van der Waals surface area contributed by atoms with E-state index < -0.39 is 0 Å². The van der Waals surface area contributed by atoms with Crippen molar-refractivity contribution in [3.63, 3.8) is 0 Å². The van der Waals surface area contributed by atoms with E-state index in [0.29, 0.717) is 12.3 Å². The molecule has 4 heteroatoms. The maximum absolute atomic E-state index is 12.4. The van der Waals surface area contributed by atoms with Gasteiger partial charge in [0.25, 0.3) is 0 Å². The van der Waals surface area contributed by atoms with E-state index in [0.717, 1.165) is 49.2 Å². The average molecular weight is 302 g/mol. The highest BCUT2D eigenvalue weighted by molar-refractivity contribution is 7.18. The first-order valence-corrected chi connectivity index (χ1v) is 8.76. The molecule has 2 heterocycles. The van der Waals surface area contributed by atoms with Crippen molar-refractivity contribution in [3.05, 3.63) is 29.3 Å². The lowest BCUT2D eigenvalue weighted by molar-refractivity contribution is -0.132. The quantitative estimate of drug-likeness (QED) is 0.760. The SMILES string of the molecule is CCCCCC(=O)N1CCCC1c1nc2ccccc2s1. The molecule has 1 aliphatic rings. The fourth-order valence-electron chi connectivity index (χ4n) is 3.02. The lowest BCUT2D eigenvalue weighted by atomic mass is 10.1. The number of likely N-dealkylation sites (tertiary alicyclic amines) is 1. The van der Waals surface area contributed by atoms with Crippen molar-refractivity contribution >= 4 is 27.5 Å². The molecule has 1 aromatic heterocycles. The van der Waals surface area contributed by atoms with Crippen molar-refractivity contribution in [1.82, 2.24) is 9.88 Å². The highest BCUT2D eigenvalue weighted by Crippen LogP contribution is 2.36. The van der Waals surface area contributed by atoms with E-state index in [2.05, 4.69) is 24.0 Å². The van der Waals surface area contributed by atoms with Crippen molar-refractivity contribution in [2.24, 2.45) is 0 Å². The van der Waals surface area contributed by atoms with Crippen LogP contribution in [0.3, 0.4) is 0 Å². The first kappa shape index (κ1) is 14.5. The second kappa shape index (κ2) is 6.56. The standard InChI is InChI=1S/C17H22N2OS/c1-2-3-4-11-16(20)19-12-7-9-14(19)17-18-13-8-5-6-10-15(13)21-17/h5-6,8,10,14H,2-4,7,9,11-12H2,1H3. The molecule has 1 aliphatic heterocycles. The Morgan fingerprint density at radius 3 is 3.05 bits per heavy atom. The summed E-state index contributed by atoms with van der Waals surface area (Å²) >= 11 is 1.74. The normalized spacial score (nSPS) is 18.5. The van der Waals surface area contributed by atoms with Gasteiger partial charge in [0.15, 0.2) is 0 Å². The van der Waals surface area contributed by atoms with E-state index in [1.807, 2.05) is 12.1 Å². The van der Waals surface area contributed by atoms with Crippen LogP contribution in [0.15, 0.2) is 24.3 Å². The van der Waals surface area contributed by atoms with Crippen LogP contribution in [0.2, 0.25) is 0 Å². The molecule has 1 unspecified atom stereocenters. The van der Waals surface area contributed by atoms with E-state index in [4.69, 9.17) is 4.98 Å². The van der Waals surface area contributed by atoms with Gasteiger partial charge in [0.2, 0.25) is 5.91 Å². The third kappa shape index (κ3) is 3.10. The van der Waals surface area contributed by atoms with Crippen LogP contribution in [0.25, 0.3) is 10.2 Å². The molecule has 1 fully saturated rings. The molecule has 0 N–H and O–H groups in total. The molecule has 3 nitrogen and oxygen atoms in total. The van der Waals surface area contributed by atoms with Gasteiger partial charge < -0.3 is 4.90 Å². The molecule has 21 heavy (non-hydrogen) atoms. The van der Waals surface area contributed by atoms with Crippen molar-refractivity contribution in [3.8, 4) is 0 Å². The molecule has 0 bridgehead atoms. The number of carbonyl (C=O) groups is 1. The largest absolute Gasteiger partial charge is 0.333 e. The van der Waals surface area contributed by atoms with Gasteiger partial charge in [-0.1, -0.05) is 31.9 Å². The molecule has 1 atom stereocenters. The van der Waals surface area contributed by atoms with Gasteiger partial charge in [0, 0.05) is 13.0 Å². The van der Waals surface area contributed by atoms with Gasteiger partial charge in [-0.15, -0.1) is 11.3 Å². The summed E-state index contributed by atoms with van der Waals surface area (Å²) in [7, 11) is 0. The lowest BCUT2D eigenvalue weighted by Gasteiger charge is -2.23. The number of rotatable bonds is 5. The van der Waals surface area contributed by atoms with Gasteiger partial charge in [0.1, 0.15) is 5.01 Å². The van der Waals surface area contributed by atoms with Crippen LogP contribution in [0.1, 0.15) is 56.5 Å². The van der Waals surface area contributed by atoms with E-state index in [1.54, 1.807) is 11.3 Å². The van der Waals surface area contributed by atoms with Crippen LogP contribution in [0.4, 0.5) is 0 Å². The van der Waals surface area contributed by atoms with Gasteiger partial charge >= 0.3 is 0 Å². The minimum absolute atomic E-state index is 0.205. The van der Waals surface area contributed by atoms with Crippen molar-refractivity contribution in [2.45, 2.75) is 51.5 Å². The fourth-order valence-corrected chi connectivity index (χ4v) is 4.14. The second-order valence-corrected chi connectivity index (χ2v) is 6.78. The molecule has 1 amide bonds. The Kier molecular flexibility index (Phi) is 4.54. The number of thiazole rings is 1. The minimum Gasteiger partial charge on any atom is -0.333 e. The van der Waals surface area contributed by atoms with Crippen molar-refractivity contribution in [1.29, 1.82) is 0 Å². The number of carbonyl (C=O) groups excluding carboxylic acids is 1. The Hall–Kier alpha value is -1.42. The first-order valence-electron chi connectivity index (χ1n) is 7.94. The van der Waals surface area contributed by atoms with Gasteiger partial charge in [-0.25, -0.2) is 4.98 Å². The number of para-hydroxylation sites is 1. The van der Waals surface area contributed by atoms with Gasteiger partial charge in [0.05, 0.1) is 16.3 Å². The molecular formula is C17H22N2OS. The highest BCUT2D eigenvalue weighted by atomic mass is 32.1. The van der Waals surface area contributed by atoms with Crippen molar-refractivity contribution in [2.75, 3.05) is 6.54 Å². The summed E-state index contributed by atoms with van der Waals surface area (Å²) in [6, 6.07) is 8.44. The summed E-state index contributed by atoms with van der Waals surface area (Å²) in [6.45, 7) is 3.07. The number of benzene rings is 1. The predicted octanol–water partition coefficient (Wildman–Crippen LogP) is 4.54. The van der Waals surface area contributed by atoms with E-state index in [1.165, 1.54) is 4.70 Å². The number of hydrogen-bond donors (Lipinski definition) is 0. The van der Waals surface area contributed by atoms with Gasteiger partial charge in [-0.05, 0) is 31.4 Å². The third-order valence-corrected chi connectivity index (χ3v) is 5.30. The molecule has 0 spiro atoms. The summed E-state index contributed by atoms with van der Waals surface area (Å²) in [5, 5.41) is 1.11. The maximum Gasteiger partial charge on any atom is 0.223 e. The Morgan fingerprint density at radius 1 is 1.38 bits per heavy atom. The van der Waals surface area contributed by atoms with Crippen LogP contribution in [-0.2, 0) is 4.79 Å². The highest BCUT2D eigenvalue weighted by Gasteiger charge is 2.31. The molecule has 0 radical (unpaired) electrons. The Bertz CT molecular complexity index is 589. The topological polar surface area (TPSA) is 33.2 Å². The minimum atomic E-state index is 0.205. The number of unbranched alkanes of at least 4 members (excludes halogenated alkanes) is 2. The lowest BCUT2D eigenvalue weighted by Crippen LogP contribution is -2.30. The molecule has 0 saturated carbocycles. The second-order valence-electron chi connectivity index (χ2n) is 5.72. The van der Waals surface area contributed by atoms with Crippen LogP contribution < -0.4 is 0 Å². The molecule has 0 aliphatic carbocycles. The molecule has 112 valence electrons. The fraction of sp³-hybridized carbons (Fsp3) is 0.529. The summed E-state index contributed by atoms with van der Waals surface area (Å²) in [5.74, 6) is 0.310. The Morgan fingerprint density at radius 2 is 2.24 bits per heavy atom. The van der Waals surface area contributed by atoms with Crippen LogP contribution in [0, 0.1) is 0 Å². The zero-order valence-corrected chi connectivity index (χ0v) is 13.4. The van der Waals surface area contributed by atoms with E-state index in [-0.39, 0.29) is 6.04 Å². The third-order valence-electron chi connectivity index (χ3n) is 4.16. The zero-order chi connectivity index (χ0) is 14.7. The Balaban J connectivity index is 1.75. The number of fused-ring (bicyclic) bond motifs is 1. The summed E-state index contributed by atoms with van der Waals surface area (Å²) in [5.41, 5.74) is 1.06. The maximum atomic E-state index is 12.4. The molecule has 1 aromatic carbocycles. The summed E-state index contributed by atoms with van der Waals surface area (Å²) < 4.78 is 1.22. The first-order chi connectivity index (χ1) is 10.3. The number of aromatic nitrogens is 1. The monoisotopic (exact) mass is 302 g/mol. The molecule has 1 saturated heterocycles. The van der Waals surface area contributed by atoms with Crippen LogP contribution in [0.5, 0.6) is 0 Å². The molecule has 2 aromatic rings. The number of hydrogen-bond acceptors (Lipinski definition) is 3.